The third-order valence-electron chi connectivity index (χ3n) is 2.39. The fourth-order valence-electron chi connectivity index (χ4n) is 1.71. The third-order valence-corrected chi connectivity index (χ3v) is 2.67. The minimum atomic E-state index is 0.174. The minimum absolute atomic E-state index is 0.174. The van der Waals surface area contributed by atoms with Crippen LogP contribution in [0.15, 0.2) is 42.5 Å². The molecule has 1 heterocycles. The lowest BCUT2D eigenvalue weighted by Gasteiger charge is -2.25. The van der Waals surface area contributed by atoms with Gasteiger partial charge in [-0.1, -0.05) is 42.5 Å². The maximum absolute atomic E-state index is 6.05. The van der Waals surface area contributed by atoms with Crippen molar-refractivity contribution in [1.82, 2.24) is 4.90 Å². The van der Waals surface area contributed by atoms with Gasteiger partial charge >= 0.3 is 0 Å². The molecule has 1 atom stereocenters. The Morgan fingerprint density at radius 3 is 2.79 bits per heavy atom. The Labute approximate surface area is 90.0 Å². The second-order valence-corrected chi connectivity index (χ2v) is 4.18. The molecule has 0 N–H and O–H groups in total. The number of hydrogen-bond acceptors (Lipinski definition) is 1. The van der Waals surface area contributed by atoms with Gasteiger partial charge in [0.1, 0.15) is 0 Å². The lowest BCUT2D eigenvalue weighted by molar-refractivity contribution is 0.293. The number of nitrogens with zero attached hydrogens (tertiary/aromatic N) is 1. The van der Waals surface area contributed by atoms with Crippen molar-refractivity contribution in [2.45, 2.75) is 11.9 Å². The van der Waals surface area contributed by atoms with Gasteiger partial charge in [-0.3, -0.25) is 4.90 Å². The van der Waals surface area contributed by atoms with Gasteiger partial charge in [0, 0.05) is 19.6 Å². The standard InChI is InChI=1S/C12H14ClN/c13-12-7-4-8-14(10-12)9-11-5-2-1-3-6-11/h1-7,12H,8-10H2/t12-/m1/s1. The monoisotopic (exact) mass is 207 g/mol. The number of alkyl halides is 1. The van der Waals surface area contributed by atoms with E-state index >= 15 is 0 Å². The largest absolute Gasteiger partial charge is 0.294 e. The van der Waals surface area contributed by atoms with Crippen molar-refractivity contribution in [3.05, 3.63) is 48.0 Å². The molecule has 0 saturated heterocycles. The summed E-state index contributed by atoms with van der Waals surface area (Å²) >= 11 is 6.05. The number of halogens is 1. The van der Waals surface area contributed by atoms with E-state index < -0.39 is 0 Å². The van der Waals surface area contributed by atoms with E-state index in [0.717, 1.165) is 19.6 Å². The molecule has 1 aliphatic heterocycles. The molecule has 1 nitrogen and oxygen atoms in total. The van der Waals surface area contributed by atoms with Crippen LogP contribution in [0.4, 0.5) is 0 Å². The van der Waals surface area contributed by atoms with Gasteiger partial charge in [0.15, 0.2) is 0 Å². The fourth-order valence-corrected chi connectivity index (χ4v) is 2.01. The van der Waals surface area contributed by atoms with Crippen LogP contribution in [-0.4, -0.2) is 23.4 Å². The molecule has 0 saturated carbocycles. The maximum Gasteiger partial charge on any atom is 0.0643 e. The van der Waals surface area contributed by atoms with E-state index in [0.29, 0.717) is 0 Å². The van der Waals surface area contributed by atoms with E-state index in [1.807, 2.05) is 6.07 Å². The van der Waals surface area contributed by atoms with Crippen LogP contribution in [-0.2, 0) is 6.54 Å². The molecule has 74 valence electrons. The summed E-state index contributed by atoms with van der Waals surface area (Å²) in [5.41, 5.74) is 1.35. The molecule has 0 unspecified atom stereocenters. The highest BCUT2D eigenvalue weighted by Gasteiger charge is 2.12. The van der Waals surface area contributed by atoms with Gasteiger partial charge < -0.3 is 0 Å². The average Bonchev–Trinajstić information content (AvgIpc) is 2.19. The highest BCUT2D eigenvalue weighted by molar-refractivity contribution is 6.22. The van der Waals surface area contributed by atoms with Crippen molar-refractivity contribution < 1.29 is 0 Å². The molecular weight excluding hydrogens is 194 g/mol. The Morgan fingerprint density at radius 1 is 1.29 bits per heavy atom. The number of hydrogen-bond donors (Lipinski definition) is 0. The quantitative estimate of drug-likeness (QED) is 0.533. The Kier molecular flexibility index (Phi) is 3.22. The van der Waals surface area contributed by atoms with Gasteiger partial charge in [-0.05, 0) is 5.56 Å². The van der Waals surface area contributed by atoms with E-state index in [9.17, 15) is 0 Å². The van der Waals surface area contributed by atoms with Crippen LogP contribution in [0.2, 0.25) is 0 Å². The predicted octanol–water partition coefficient (Wildman–Crippen LogP) is 2.67. The first-order chi connectivity index (χ1) is 6.84. The molecule has 0 spiro atoms. The molecule has 0 fully saturated rings. The molecule has 1 aliphatic rings. The Hall–Kier alpha value is -0.790. The van der Waals surface area contributed by atoms with E-state index in [1.165, 1.54) is 5.56 Å². The zero-order valence-electron chi connectivity index (χ0n) is 8.07. The van der Waals surface area contributed by atoms with Gasteiger partial charge in [-0.15, -0.1) is 11.6 Å². The molecule has 0 bridgehead atoms. The molecule has 14 heavy (non-hydrogen) atoms. The minimum Gasteiger partial charge on any atom is -0.294 e. The topological polar surface area (TPSA) is 3.24 Å². The van der Waals surface area contributed by atoms with Crippen LogP contribution in [0.5, 0.6) is 0 Å². The van der Waals surface area contributed by atoms with Gasteiger partial charge in [0.25, 0.3) is 0 Å². The molecular formula is C12H14ClN. The van der Waals surface area contributed by atoms with Gasteiger partial charge in [0.05, 0.1) is 5.38 Å². The van der Waals surface area contributed by atoms with Crippen molar-refractivity contribution in [3.63, 3.8) is 0 Å². The van der Waals surface area contributed by atoms with Crippen molar-refractivity contribution in [2.24, 2.45) is 0 Å². The zero-order valence-corrected chi connectivity index (χ0v) is 8.82. The van der Waals surface area contributed by atoms with Crippen LogP contribution in [0.3, 0.4) is 0 Å². The summed E-state index contributed by atoms with van der Waals surface area (Å²) in [5, 5.41) is 0.174. The SMILES string of the molecule is Cl[C@@H]1C=CCN(Cc2ccccc2)C1. The lowest BCUT2D eigenvalue weighted by atomic mass is 10.2. The van der Waals surface area contributed by atoms with Gasteiger partial charge in [-0.2, -0.15) is 0 Å². The molecule has 0 radical (unpaired) electrons. The normalized spacial score (nSPS) is 22.5. The van der Waals surface area contributed by atoms with Crippen LogP contribution >= 0.6 is 11.6 Å². The second kappa shape index (κ2) is 4.63. The molecule has 1 aromatic rings. The van der Waals surface area contributed by atoms with Crippen LogP contribution in [0.25, 0.3) is 0 Å². The van der Waals surface area contributed by atoms with Crippen molar-refractivity contribution in [1.29, 1.82) is 0 Å². The Morgan fingerprint density at radius 2 is 2.07 bits per heavy atom. The number of rotatable bonds is 2. The lowest BCUT2D eigenvalue weighted by Crippen LogP contribution is -2.32. The smallest absolute Gasteiger partial charge is 0.0643 e. The summed E-state index contributed by atoms with van der Waals surface area (Å²) in [6.07, 6.45) is 4.22. The van der Waals surface area contributed by atoms with Crippen LogP contribution in [0.1, 0.15) is 5.56 Å². The van der Waals surface area contributed by atoms with Crippen molar-refractivity contribution in [2.75, 3.05) is 13.1 Å². The second-order valence-electron chi connectivity index (χ2n) is 3.62. The first kappa shape index (κ1) is 9.75. The molecule has 0 aliphatic carbocycles. The average molecular weight is 208 g/mol. The number of benzene rings is 1. The summed E-state index contributed by atoms with van der Waals surface area (Å²) < 4.78 is 0. The van der Waals surface area contributed by atoms with E-state index in [-0.39, 0.29) is 5.38 Å². The summed E-state index contributed by atoms with van der Waals surface area (Å²) in [6, 6.07) is 10.5. The Bertz CT molecular complexity index is 307. The fraction of sp³-hybridized carbons (Fsp3) is 0.333. The maximum atomic E-state index is 6.05. The highest BCUT2D eigenvalue weighted by atomic mass is 35.5. The molecule has 1 aromatic carbocycles. The first-order valence-electron chi connectivity index (χ1n) is 4.91. The van der Waals surface area contributed by atoms with Crippen molar-refractivity contribution in [3.8, 4) is 0 Å². The molecule has 0 amide bonds. The summed E-state index contributed by atoms with van der Waals surface area (Å²) in [6.45, 7) is 2.96. The van der Waals surface area contributed by atoms with Gasteiger partial charge in [-0.25, -0.2) is 0 Å². The van der Waals surface area contributed by atoms with E-state index in [1.54, 1.807) is 0 Å². The first-order valence-corrected chi connectivity index (χ1v) is 5.35. The Balaban J connectivity index is 1.96. The van der Waals surface area contributed by atoms with Crippen molar-refractivity contribution >= 4 is 11.6 Å². The van der Waals surface area contributed by atoms with Crippen LogP contribution in [0, 0.1) is 0 Å². The van der Waals surface area contributed by atoms with E-state index in [2.05, 4.69) is 41.3 Å². The molecule has 2 rings (SSSR count). The molecule has 2 heteroatoms. The van der Waals surface area contributed by atoms with Crippen LogP contribution < -0.4 is 0 Å². The molecule has 0 aromatic heterocycles. The zero-order chi connectivity index (χ0) is 9.80. The summed E-state index contributed by atoms with van der Waals surface area (Å²) in [4.78, 5) is 2.35. The van der Waals surface area contributed by atoms with E-state index in [4.69, 9.17) is 11.6 Å². The summed E-state index contributed by atoms with van der Waals surface area (Å²) in [7, 11) is 0. The highest BCUT2D eigenvalue weighted by Crippen LogP contribution is 2.11. The van der Waals surface area contributed by atoms with Gasteiger partial charge in [0.2, 0.25) is 0 Å². The predicted molar refractivity (Wildman–Crippen MR) is 60.5 cm³/mol. The summed E-state index contributed by atoms with van der Waals surface area (Å²) in [5.74, 6) is 0. The third kappa shape index (κ3) is 2.60.